The normalized spacial score (nSPS) is 12.4. The Morgan fingerprint density at radius 2 is 2.00 bits per heavy atom. The lowest BCUT2D eigenvalue weighted by atomic mass is 10.5. The molecule has 0 aliphatic carbocycles. The lowest BCUT2D eigenvalue weighted by Gasteiger charge is -2.17. The Morgan fingerprint density at radius 1 is 1.38 bits per heavy atom. The van der Waals surface area contributed by atoms with Crippen LogP contribution in [-0.2, 0) is 14.8 Å². The maximum atomic E-state index is 12.0. The number of likely N-dealkylation sites (N-methyl/N-ethyl adjacent to an activating group) is 1. The highest BCUT2D eigenvalue weighted by Crippen LogP contribution is 2.13. The van der Waals surface area contributed by atoms with Crippen molar-refractivity contribution in [3.63, 3.8) is 0 Å². The zero-order chi connectivity index (χ0) is 16.3. The minimum absolute atomic E-state index is 0.284. The number of alkyl halides is 3. The number of carbonyl (C=O) groups is 1. The van der Waals surface area contributed by atoms with Crippen molar-refractivity contribution >= 4 is 15.9 Å². The fourth-order valence-electron chi connectivity index (χ4n) is 1.28. The van der Waals surface area contributed by atoms with Crippen LogP contribution in [0.4, 0.5) is 13.2 Å². The van der Waals surface area contributed by atoms with E-state index in [9.17, 15) is 31.2 Å². The van der Waals surface area contributed by atoms with E-state index in [1.165, 1.54) is 0 Å². The highest BCUT2D eigenvalue weighted by Gasteiger charge is 2.29. The van der Waals surface area contributed by atoms with Crippen molar-refractivity contribution in [2.75, 3.05) is 20.1 Å². The maximum absolute atomic E-state index is 12.0. The second kappa shape index (κ2) is 6.26. The summed E-state index contributed by atoms with van der Waals surface area (Å²) < 4.78 is 60.3. The van der Waals surface area contributed by atoms with Crippen LogP contribution in [0.1, 0.15) is 0 Å². The van der Waals surface area contributed by atoms with E-state index in [1.807, 2.05) is 0 Å². The van der Waals surface area contributed by atoms with Gasteiger partial charge in [-0.05, 0) is 6.07 Å². The van der Waals surface area contributed by atoms with Crippen molar-refractivity contribution in [3.8, 4) is 0 Å². The van der Waals surface area contributed by atoms with Crippen molar-refractivity contribution in [2.45, 2.75) is 11.1 Å². The molecule has 0 saturated carbocycles. The number of nitrogens with one attached hydrogen (secondary N) is 2. The highest BCUT2D eigenvalue weighted by atomic mass is 32.2. The number of hydrogen-bond acceptors (Lipinski definition) is 4. The monoisotopic (exact) mass is 327 g/mol. The van der Waals surface area contributed by atoms with Crippen LogP contribution < -0.4 is 10.9 Å². The molecule has 0 radical (unpaired) electrons. The van der Waals surface area contributed by atoms with Crippen LogP contribution >= 0.6 is 0 Å². The van der Waals surface area contributed by atoms with Gasteiger partial charge in [0.2, 0.25) is 21.5 Å². The Morgan fingerprint density at radius 3 is 2.48 bits per heavy atom. The van der Waals surface area contributed by atoms with E-state index in [-0.39, 0.29) is 4.90 Å². The summed E-state index contributed by atoms with van der Waals surface area (Å²) in [5.41, 5.74) is -0.514. The molecular weight excluding hydrogens is 315 g/mol. The van der Waals surface area contributed by atoms with Gasteiger partial charge in [-0.25, -0.2) is 8.42 Å². The summed E-state index contributed by atoms with van der Waals surface area (Å²) in [5.74, 6) is -1.09. The Balaban J connectivity index is 2.74. The molecule has 0 bridgehead atoms. The van der Waals surface area contributed by atoms with Gasteiger partial charge in [-0.1, -0.05) is 0 Å². The summed E-state index contributed by atoms with van der Waals surface area (Å²) in [6.45, 7) is -2.32. The number of aromatic amines is 1. The number of pyridine rings is 1. The Bertz CT molecular complexity index is 648. The molecule has 21 heavy (non-hydrogen) atoms. The average molecular weight is 327 g/mol. The van der Waals surface area contributed by atoms with Crippen molar-refractivity contribution in [1.29, 1.82) is 0 Å². The predicted octanol–water partition coefficient (Wildman–Crippen LogP) is -0.326. The fraction of sp³-hybridized carbons (Fsp3) is 0.400. The van der Waals surface area contributed by atoms with Crippen LogP contribution in [-0.4, -0.2) is 49.9 Å². The molecule has 1 rings (SSSR count). The molecule has 2 N–H and O–H groups in total. The van der Waals surface area contributed by atoms with E-state index in [0.29, 0.717) is 4.31 Å². The van der Waals surface area contributed by atoms with Gasteiger partial charge in [0.25, 0.3) is 0 Å². The third kappa shape index (κ3) is 5.19. The molecule has 7 nitrogen and oxygen atoms in total. The van der Waals surface area contributed by atoms with Crippen LogP contribution in [0, 0.1) is 0 Å². The molecule has 0 unspecified atom stereocenters. The molecule has 11 heteroatoms. The molecular formula is C10H12F3N3O4S. The van der Waals surface area contributed by atoms with Crippen molar-refractivity contribution in [2.24, 2.45) is 0 Å². The molecule has 1 aromatic heterocycles. The topological polar surface area (TPSA) is 99.3 Å². The first-order valence-corrected chi connectivity index (χ1v) is 6.95. The molecule has 1 amide bonds. The van der Waals surface area contributed by atoms with Gasteiger partial charge in [0.15, 0.2) is 0 Å². The number of halogens is 3. The molecule has 0 spiro atoms. The summed E-state index contributed by atoms with van der Waals surface area (Å²) in [6, 6.07) is 2.00. The molecule has 1 heterocycles. The van der Waals surface area contributed by atoms with Crippen LogP contribution in [0.15, 0.2) is 28.0 Å². The van der Waals surface area contributed by atoms with Gasteiger partial charge in [0.1, 0.15) is 6.54 Å². The predicted molar refractivity (Wildman–Crippen MR) is 65.9 cm³/mol. The van der Waals surface area contributed by atoms with E-state index in [2.05, 4.69) is 4.98 Å². The van der Waals surface area contributed by atoms with Crippen LogP contribution in [0.3, 0.4) is 0 Å². The first-order chi connectivity index (χ1) is 9.52. The SMILES string of the molecule is CN(CC(=O)NCC(F)(F)F)S(=O)(=O)c1ccc(=O)[nH]c1. The average Bonchev–Trinajstić information content (AvgIpc) is 2.36. The number of carbonyl (C=O) groups excluding carboxylic acids is 1. The van der Waals surface area contributed by atoms with Crippen LogP contribution in [0.25, 0.3) is 0 Å². The first-order valence-electron chi connectivity index (χ1n) is 5.51. The zero-order valence-electron chi connectivity index (χ0n) is 10.8. The molecule has 0 fully saturated rings. The number of hydrogen-bond donors (Lipinski definition) is 2. The minimum Gasteiger partial charge on any atom is -0.346 e. The van der Waals surface area contributed by atoms with E-state index in [0.717, 1.165) is 25.4 Å². The molecule has 0 aromatic carbocycles. The molecule has 1 aromatic rings. The van der Waals surface area contributed by atoms with E-state index < -0.39 is 40.8 Å². The van der Waals surface area contributed by atoms with Crippen molar-refractivity contribution in [1.82, 2.24) is 14.6 Å². The maximum Gasteiger partial charge on any atom is 0.405 e. The third-order valence-corrected chi connectivity index (χ3v) is 4.12. The Kier molecular flexibility index (Phi) is 5.12. The zero-order valence-corrected chi connectivity index (χ0v) is 11.6. The molecule has 0 saturated heterocycles. The van der Waals surface area contributed by atoms with Gasteiger partial charge in [-0.2, -0.15) is 17.5 Å². The lowest BCUT2D eigenvalue weighted by molar-refractivity contribution is -0.138. The molecule has 118 valence electrons. The molecule has 0 aliphatic rings. The van der Waals surface area contributed by atoms with E-state index >= 15 is 0 Å². The standard InChI is InChI=1S/C10H12F3N3O4S/c1-16(5-9(18)15-6-10(11,12)13)21(19,20)7-2-3-8(17)14-4-7/h2-4H,5-6H2,1H3,(H,14,17)(H,15,18). The quantitative estimate of drug-likeness (QED) is 0.774. The minimum atomic E-state index is -4.58. The number of rotatable bonds is 5. The second-order valence-electron chi connectivity index (χ2n) is 4.04. The van der Waals surface area contributed by atoms with Crippen molar-refractivity contribution in [3.05, 3.63) is 28.7 Å². The lowest BCUT2D eigenvalue weighted by Crippen LogP contribution is -2.41. The summed E-state index contributed by atoms with van der Waals surface area (Å²) in [6.07, 6.45) is -3.65. The van der Waals surface area contributed by atoms with E-state index in [4.69, 9.17) is 0 Å². The van der Waals surface area contributed by atoms with Gasteiger partial charge in [-0.3, -0.25) is 9.59 Å². The Hall–Kier alpha value is -1.88. The summed E-state index contributed by atoms with van der Waals surface area (Å²) in [7, 11) is -3.05. The van der Waals surface area contributed by atoms with Crippen LogP contribution in [0.5, 0.6) is 0 Å². The van der Waals surface area contributed by atoms with Crippen molar-refractivity contribution < 1.29 is 26.4 Å². The van der Waals surface area contributed by atoms with Gasteiger partial charge >= 0.3 is 6.18 Å². The van der Waals surface area contributed by atoms with Gasteiger partial charge in [0, 0.05) is 19.3 Å². The van der Waals surface area contributed by atoms with Gasteiger partial charge in [0.05, 0.1) is 11.4 Å². The largest absolute Gasteiger partial charge is 0.405 e. The number of sulfonamides is 1. The third-order valence-electron chi connectivity index (χ3n) is 2.32. The summed E-state index contributed by atoms with van der Waals surface area (Å²) >= 11 is 0. The highest BCUT2D eigenvalue weighted by molar-refractivity contribution is 7.89. The molecule has 0 atom stereocenters. The van der Waals surface area contributed by atoms with E-state index in [1.54, 1.807) is 5.32 Å². The van der Waals surface area contributed by atoms with Crippen LogP contribution in [0.2, 0.25) is 0 Å². The molecule has 0 aliphatic heterocycles. The first kappa shape index (κ1) is 17.2. The number of H-pyrrole nitrogens is 1. The summed E-state index contributed by atoms with van der Waals surface area (Å²) in [5, 5.41) is 1.56. The fourth-order valence-corrected chi connectivity index (χ4v) is 2.37. The summed E-state index contributed by atoms with van der Waals surface area (Å²) in [4.78, 5) is 24.0. The Labute approximate surface area is 117 Å². The number of nitrogens with zero attached hydrogens (tertiary/aromatic N) is 1. The number of aromatic nitrogens is 1. The van der Waals surface area contributed by atoms with Gasteiger partial charge in [-0.15, -0.1) is 0 Å². The smallest absolute Gasteiger partial charge is 0.346 e. The van der Waals surface area contributed by atoms with Gasteiger partial charge < -0.3 is 10.3 Å². The second-order valence-corrected chi connectivity index (χ2v) is 6.09. The number of amides is 1.